The van der Waals surface area contributed by atoms with Crippen LogP contribution in [0.4, 0.5) is 0 Å². The van der Waals surface area contributed by atoms with Crippen molar-refractivity contribution in [2.45, 2.75) is 217 Å². The lowest BCUT2D eigenvalue weighted by Crippen LogP contribution is -2.60. The number of aliphatic hydroxyl groups is 10. The summed E-state index contributed by atoms with van der Waals surface area (Å²) >= 11 is 0. The van der Waals surface area contributed by atoms with Crippen LogP contribution in [0, 0.1) is 41.4 Å². The minimum Gasteiger partial charge on any atom is -0.458 e. The van der Waals surface area contributed by atoms with E-state index in [1.54, 1.807) is 46.9 Å². The molecule has 2 aliphatic heterocycles. The summed E-state index contributed by atoms with van der Waals surface area (Å²) in [6.45, 7) is 13.6. The van der Waals surface area contributed by atoms with Crippen LogP contribution in [0.15, 0.2) is 41.4 Å². The van der Waals surface area contributed by atoms with Crippen LogP contribution < -0.4 is 11.1 Å². The molecule has 402 valence electrons. The van der Waals surface area contributed by atoms with E-state index in [1.165, 1.54) is 19.3 Å². The number of esters is 1. The highest BCUT2D eigenvalue weighted by atomic mass is 16.7. The number of nitrogens with two attached hydrogens (primary N) is 1. The number of carbonyl (C=O) groups is 1. The fourth-order valence-corrected chi connectivity index (χ4v) is 9.57. The number of methoxy groups -OCH3 is 1. The standard InChI is InChI=1S/C52H95N3O14/c1-31(16-14-12-10-11-13-15-23-55-51(53)54-8)24-35(5)49-34(4)18-21-42(59)36(6)44(61)27-39(57)25-38(56)26-40-28-46(63)50(66)52(67-9,69-40)30-47(64)33(3)17-20-41(58)37(7)45(62)29-43(60)32(2)19-22-48(65)68-49/h10-11,18-19,21-22,31-47,49-50,56-64,66H,12-17,20,23-30H2,1-9H3,(H3,53,54,55)/b11-10+,21-18+,22-19+/t31-,32?,33?,34?,35-,36?,37?,38?,39?,40?,41?,42?,43?,44?,45?,46?,47?,49?,50?,52?/m0/s1. The first-order chi connectivity index (χ1) is 32.4. The van der Waals surface area contributed by atoms with E-state index in [0.29, 0.717) is 18.3 Å². The average Bonchev–Trinajstić information content (AvgIpc) is 3.30. The van der Waals surface area contributed by atoms with Gasteiger partial charge in [0.15, 0.2) is 11.7 Å². The van der Waals surface area contributed by atoms with Crippen LogP contribution in [-0.4, -0.2) is 163 Å². The number of unbranched alkanes of at least 4 members (excludes halogenated alkanes) is 2. The number of allylic oxidation sites excluding steroid dienone is 2. The Kier molecular flexibility index (Phi) is 28.9. The van der Waals surface area contributed by atoms with Gasteiger partial charge in [-0.25, -0.2) is 4.79 Å². The third-order valence-electron chi connectivity index (χ3n) is 14.7. The van der Waals surface area contributed by atoms with Crippen LogP contribution in [0.1, 0.15) is 138 Å². The molecule has 18 unspecified atom stereocenters. The number of hydrogen-bond donors (Lipinski definition) is 12. The van der Waals surface area contributed by atoms with Crippen molar-refractivity contribution >= 4 is 11.9 Å². The van der Waals surface area contributed by atoms with Gasteiger partial charge in [0.1, 0.15) is 12.2 Å². The van der Waals surface area contributed by atoms with Crippen molar-refractivity contribution in [1.29, 1.82) is 0 Å². The van der Waals surface area contributed by atoms with E-state index in [4.69, 9.17) is 19.9 Å². The molecule has 0 aromatic heterocycles. The number of guanidine groups is 1. The van der Waals surface area contributed by atoms with Gasteiger partial charge in [-0.1, -0.05) is 85.3 Å². The van der Waals surface area contributed by atoms with E-state index in [1.807, 2.05) is 13.8 Å². The van der Waals surface area contributed by atoms with Gasteiger partial charge >= 0.3 is 5.97 Å². The third-order valence-corrected chi connectivity index (χ3v) is 14.7. The van der Waals surface area contributed by atoms with E-state index < -0.39 is 109 Å². The first kappa shape index (κ1) is 62.6. The van der Waals surface area contributed by atoms with E-state index in [0.717, 1.165) is 45.1 Å². The Hall–Kier alpha value is -2.52. The Balaban J connectivity index is 2.30. The fourth-order valence-electron chi connectivity index (χ4n) is 9.57. The van der Waals surface area contributed by atoms with Crippen LogP contribution in [0.25, 0.3) is 0 Å². The minimum atomic E-state index is -1.84. The number of nitrogens with one attached hydrogen (secondary N) is 1. The quantitative estimate of drug-likeness (QED) is 0.0439. The molecular weight excluding hydrogens is 891 g/mol. The summed E-state index contributed by atoms with van der Waals surface area (Å²) in [4.78, 5) is 17.3. The van der Waals surface area contributed by atoms with E-state index in [-0.39, 0.29) is 56.8 Å². The topological polar surface area (TPSA) is 297 Å². The van der Waals surface area contributed by atoms with Gasteiger partial charge in [-0.3, -0.25) is 4.99 Å². The van der Waals surface area contributed by atoms with Crippen LogP contribution in [0.2, 0.25) is 0 Å². The lowest BCUT2D eigenvalue weighted by Gasteiger charge is -2.47. The number of aliphatic imine (C=N–C) groups is 1. The molecule has 0 spiro atoms. The van der Waals surface area contributed by atoms with Crippen LogP contribution in [-0.2, 0) is 19.0 Å². The molecule has 17 heteroatoms. The molecule has 0 amide bonds. The summed E-state index contributed by atoms with van der Waals surface area (Å²) in [6.07, 6.45) is 2.61. The van der Waals surface area contributed by atoms with Gasteiger partial charge in [-0.15, -0.1) is 0 Å². The smallest absolute Gasteiger partial charge is 0.330 e. The van der Waals surface area contributed by atoms with Gasteiger partial charge < -0.3 is 76.3 Å². The fraction of sp³-hybridized carbons (Fsp3) is 0.846. The van der Waals surface area contributed by atoms with Gasteiger partial charge in [-0.05, 0) is 82.0 Å². The van der Waals surface area contributed by atoms with Gasteiger partial charge in [-0.2, -0.15) is 0 Å². The Bertz CT molecular complexity index is 1550. The first-order valence-electron chi connectivity index (χ1n) is 25.7. The van der Waals surface area contributed by atoms with Crippen molar-refractivity contribution in [1.82, 2.24) is 5.32 Å². The van der Waals surface area contributed by atoms with Crippen molar-refractivity contribution in [2.75, 3.05) is 20.7 Å². The molecule has 1 fully saturated rings. The Morgan fingerprint density at radius 1 is 0.783 bits per heavy atom. The number of cyclic esters (lactones) is 1. The zero-order chi connectivity index (χ0) is 52.0. The number of nitrogens with zero attached hydrogens (tertiary/aromatic N) is 1. The number of hydrogen-bond acceptors (Lipinski definition) is 15. The maximum atomic E-state index is 13.5. The molecular formula is C52H95N3O14. The van der Waals surface area contributed by atoms with Gasteiger partial charge in [0.05, 0.1) is 61.0 Å². The highest BCUT2D eigenvalue weighted by molar-refractivity contribution is 5.82. The molecule has 2 heterocycles. The average molecular weight is 986 g/mol. The van der Waals surface area contributed by atoms with Crippen molar-refractivity contribution in [2.24, 2.45) is 52.2 Å². The van der Waals surface area contributed by atoms with Crippen molar-refractivity contribution in [3.8, 4) is 0 Å². The minimum absolute atomic E-state index is 0.0555. The maximum Gasteiger partial charge on any atom is 0.330 e. The maximum absolute atomic E-state index is 13.5. The predicted octanol–water partition coefficient (Wildman–Crippen LogP) is 3.38. The van der Waals surface area contributed by atoms with Crippen LogP contribution in [0.5, 0.6) is 0 Å². The highest BCUT2D eigenvalue weighted by Crippen LogP contribution is 2.38. The highest BCUT2D eigenvalue weighted by Gasteiger charge is 2.51. The summed E-state index contributed by atoms with van der Waals surface area (Å²) in [5, 5.41) is 114. The molecule has 0 aromatic carbocycles. The van der Waals surface area contributed by atoms with Gasteiger partial charge in [0.25, 0.3) is 0 Å². The molecule has 0 saturated carbocycles. The number of fused-ring (bicyclic) bond motifs is 2. The molecule has 0 radical (unpaired) electrons. The largest absolute Gasteiger partial charge is 0.458 e. The summed E-state index contributed by atoms with van der Waals surface area (Å²) in [5.74, 6) is -4.55. The first-order valence-corrected chi connectivity index (χ1v) is 25.7. The van der Waals surface area contributed by atoms with E-state index in [2.05, 4.69) is 29.4 Å². The summed E-state index contributed by atoms with van der Waals surface area (Å²) < 4.78 is 17.9. The molecule has 0 aromatic rings. The molecule has 2 aliphatic rings. The Morgan fingerprint density at radius 2 is 1.42 bits per heavy atom. The second-order valence-electron chi connectivity index (χ2n) is 20.8. The monoisotopic (exact) mass is 986 g/mol. The number of rotatable bonds is 12. The Morgan fingerprint density at radius 3 is 2.07 bits per heavy atom. The SMILES string of the molecule is CN=C(N)NCCC/C=C/CCC[C@H](C)C[C@H](C)C1OC(=O)/C=C/C(C)C(O)CC(O)C(C)C(O)CCC(C)C(O)CC2(OC)OC(CC(O)CC(O)CC(O)C(C)C(O)/C=C/C1C)CC(O)C2O. The molecule has 2 rings (SSSR count). The summed E-state index contributed by atoms with van der Waals surface area (Å²) in [7, 11) is 2.93. The van der Waals surface area contributed by atoms with E-state index >= 15 is 0 Å². The number of carbonyl (C=O) groups excluding carboxylic acids is 1. The van der Waals surface area contributed by atoms with Gasteiger partial charge in [0, 0.05) is 69.7 Å². The third kappa shape index (κ3) is 22.0. The van der Waals surface area contributed by atoms with Gasteiger partial charge in [0.2, 0.25) is 0 Å². The number of ether oxygens (including phenoxy) is 3. The summed E-state index contributed by atoms with van der Waals surface area (Å²) in [5.41, 5.74) is 5.68. The normalized spacial score (nSPS) is 40.3. The van der Waals surface area contributed by atoms with Crippen LogP contribution in [0.3, 0.4) is 0 Å². The van der Waals surface area contributed by atoms with Crippen molar-refractivity contribution in [3.05, 3.63) is 36.5 Å². The van der Waals surface area contributed by atoms with E-state index in [9.17, 15) is 55.9 Å². The molecule has 1 saturated heterocycles. The molecule has 0 aliphatic carbocycles. The van der Waals surface area contributed by atoms with Crippen molar-refractivity contribution in [3.63, 3.8) is 0 Å². The second-order valence-corrected chi connectivity index (χ2v) is 20.8. The van der Waals surface area contributed by atoms with Crippen molar-refractivity contribution < 1.29 is 70.1 Å². The zero-order valence-electron chi connectivity index (χ0n) is 43.2. The number of aliphatic hydroxyl groups excluding tert-OH is 10. The lowest BCUT2D eigenvalue weighted by molar-refractivity contribution is -0.343. The molecule has 69 heavy (non-hydrogen) atoms. The van der Waals surface area contributed by atoms with Crippen LogP contribution >= 0.6 is 0 Å². The zero-order valence-corrected chi connectivity index (χ0v) is 43.2. The Labute approximate surface area is 413 Å². The molecule has 13 N–H and O–H groups in total. The predicted molar refractivity (Wildman–Crippen MR) is 266 cm³/mol. The summed E-state index contributed by atoms with van der Waals surface area (Å²) in [6, 6.07) is 0. The second kappa shape index (κ2) is 31.8. The molecule has 2 bridgehead atoms. The molecule has 20 atom stereocenters. The lowest BCUT2D eigenvalue weighted by atomic mass is 9.83. The molecule has 17 nitrogen and oxygen atoms in total.